The molecule has 5 nitrogen and oxygen atoms in total. The van der Waals surface area contributed by atoms with E-state index in [2.05, 4.69) is 29.5 Å². The van der Waals surface area contributed by atoms with Gasteiger partial charge in [-0.15, -0.1) is 0 Å². The van der Waals surface area contributed by atoms with E-state index in [4.69, 9.17) is 0 Å². The molecule has 0 aromatic carbocycles. The van der Waals surface area contributed by atoms with Gasteiger partial charge in [-0.25, -0.2) is 4.98 Å². The minimum atomic E-state index is 0.0493. The van der Waals surface area contributed by atoms with Crippen LogP contribution in [0.1, 0.15) is 26.0 Å². The number of nitrogens with zero attached hydrogens (tertiary/aromatic N) is 2. The van der Waals surface area contributed by atoms with E-state index < -0.39 is 0 Å². The third kappa shape index (κ3) is 5.82. The molecule has 0 radical (unpaired) electrons. The molecule has 0 saturated carbocycles. The average molecular weight is 252 g/mol. The second kappa shape index (κ2) is 7.87. The fourth-order valence-corrected chi connectivity index (χ4v) is 1.60. The van der Waals surface area contributed by atoms with Crippen molar-refractivity contribution in [3.63, 3.8) is 0 Å². The minimum Gasteiger partial charge on any atom is -0.355 e. The van der Waals surface area contributed by atoms with E-state index in [-0.39, 0.29) is 5.91 Å². The van der Waals surface area contributed by atoms with Crippen LogP contribution in [0.4, 0.5) is 0 Å². The topological polar surface area (TPSA) is 59.0 Å². The molecule has 1 amide bonds. The lowest BCUT2D eigenvalue weighted by atomic mass is 10.1. The van der Waals surface area contributed by atoms with Gasteiger partial charge in [0.2, 0.25) is 5.91 Å². The van der Waals surface area contributed by atoms with E-state index in [1.165, 1.54) is 0 Å². The van der Waals surface area contributed by atoms with E-state index in [9.17, 15) is 4.79 Å². The van der Waals surface area contributed by atoms with E-state index in [1.54, 1.807) is 6.33 Å². The Balaban J connectivity index is 2.28. The van der Waals surface area contributed by atoms with Gasteiger partial charge in [0, 0.05) is 25.7 Å². The molecule has 0 aliphatic rings. The Hall–Kier alpha value is -1.36. The maximum absolute atomic E-state index is 11.6. The highest BCUT2D eigenvalue weighted by atomic mass is 16.1. The largest absolute Gasteiger partial charge is 0.355 e. The van der Waals surface area contributed by atoms with Crippen LogP contribution in [0.15, 0.2) is 12.5 Å². The minimum absolute atomic E-state index is 0.0493. The first-order valence-corrected chi connectivity index (χ1v) is 6.53. The second-order valence-corrected chi connectivity index (χ2v) is 4.92. The van der Waals surface area contributed by atoms with Crippen LogP contribution in [-0.2, 0) is 17.8 Å². The van der Waals surface area contributed by atoms with Crippen LogP contribution in [-0.4, -0.2) is 35.6 Å². The molecule has 1 aromatic heterocycles. The predicted octanol–water partition coefficient (Wildman–Crippen LogP) is 0.807. The van der Waals surface area contributed by atoms with Crippen LogP contribution in [0.3, 0.4) is 0 Å². The van der Waals surface area contributed by atoms with Gasteiger partial charge in [0.15, 0.2) is 0 Å². The number of carbonyl (C=O) groups is 1. The molecule has 0 saturated heterocycles. The van der Waals surface area contributed by atoms with Crippen LogP contribution < -0.4 is 10.6 Å². The second-order valence-electron chi connectivity index (χ2n) is 4.92. The molecule has 102 valence electrons. The van der Waals surface area contributed by atoms with Crippen molar-refractivity contribution in [2.75, 3.05) is 20.1 Å². The highest BCUT2D eigenvalue weighted by Gasteiger charge is 2.04. The standard InChI is InChI=1S/C13H24N4O/c1-11(2)4-7-15-13(18)9-17-8-12(16-10-17)5-6-14-3/h8,10-11,14H,4-7,9H2,1-3H3,(H,15,18). The van der Waals surface area contributed by atoms with Crippen molar-refractivity contribution in [2.24, 2.45) is 5.92 Å². The summed E-state index contributed by atoms with van der Waals surface area (Å²) >= 11 is 0. The van der Waals surface area contributed by atoms with Gasteiger partial charge >= 0.3 is 0 Å². The quantitative estimate of drug-likeness (QED) is 0.720. The summed E-state index contributed by atoms with van der Waals surface area (Å²) in [6.45, 7) is 6.30. The summed E-state index contributed by atoms with van der Waals surface area (Å²) in [6.07, 6.45) is 5.55. The van der Waals surface area contributed by atoms with Crippen LogP contribution in [0.5, 0.6) is 0 Å². The highest BCUT2D eigenvalue weighted by Crippen LogP contribution is 1.98. The maximum Gasteiger partial charge on any atom is 0.239 e. The number of carbonyl (C=O) groups excluding carboxylic acids is 1. The first-order chi connectivity index (χ1) is 8.61. The van der Waals surface area contributed by atoms with Crippen LogP contribution in [0.25, 0.3) is 0 Å². The Bertz CT molecular complexity index is 360. The van der Waals surface area contributed by atoms with Gasteiger partial charge in [-0.1, -0.05) is 13.8 Å². The molecule has 1 aromatic rings. The van der Waals surface area contributed by atoms with Crippen molar-refractivity contribution in [3.05, 3.63) is 18.2 Å². The van der Waals surface area contributed by atoms with Gasteiger partial charge in [-0.3, -0.25) is 4.79 Å². The molecule has 1 rings (SSSR count). The number of imidazole rings is 1. The third-order valence-electron chi connectivity index (χ3n) is 2.69. The molecule has 0 bridgehead atoms. The summed E-state index contributed by atoms with van der Waals surface area (Å²) in [5.41, 5.74) is 1.01. The summed E-state index contributed by atoms with van der Waals surface area (Å²) in [4.78, 5) is 15.9. The van der Waals surface area contributed by atoms with Gasteiger partial charge in [0.25, 0.3) is 0 Å². The van der Waals surface area contributed by atoms with Crippen LogP contribution in [0, 0.1) is 5.92 Å². The van der Waals surface area contributed by atoms with E-state index in [1.807, 2.05) is 17.8 Å². The SMILES string of the molecule is CNCCc1cn(CC(=O)NCCC(C)C)cn1. The molecule has 5 heteroatoms. The smallest absolute Gasteiger partial charge is 0.239 e. The summed E-state index contributed by atoms with van der Waals surface area (Å²) in [7, 11) is 1.92. The molecule has 0 unspecified atom stereocenters. The summed E-state index contributed by atoms with van der Waals surface area (Å²) < 4.78 is 1.83. The van der Waals surface area contributed by atoms with Crippen molar-refractivity contribution in [3.8, 4) is 0 Å². The first kappa shape index (κ1) is 14.7. The zero-order chi connectivity index (χ0) is 13.4. The van der Waals surface area contributed by atoms with Crippen LogP contribution in [0.2, 0.25) is 0 Å². The molecule has 0 atom stereocenters. The normalized spacial score (nSPS) is 10.9. The Morgan fingerprint density at radius 1 is 1.44 bits per heavy atom. The Labute approximate surface area is 109 Å². The number of hydrogen-bond acceptors (Lipinski definition) is 3. The number of likely N-dealkylation sites (N-methyl/N-ethyl adjacent to an activating group) is 1. The third-order valence-corrected chi connectivity index (χ3v) is 2.69. The molecule has 18 heavy (non-hydrogen) atoms. The van der Waals surface area contributed by atoms with Gasteiger partial charge in [0.05, 0.1) is 12.0 Å². The average Bonchev–Trinajstić information content (AvgIpc) is 2.73. The molecule has 1 heterocycles. The summed E-state index contributed by atoms with van der Waals surface area (Å²) in [6, 6.07) is 0. The van der Waals surface area contributed by atoms with Crippen molar-refractivity contribution < 1.29 is 4.79 Å². The molecule has 0 aliphatic carbocycles. The molecular formula is C13H24N4O. The Morgan fingerprint density at radius 2 is 2.22 bits per heavy atom. The number of nitrogens with one attached hydrogen (secondary N) is 2. The fourth-order valence-electron chi connectivity index (χ4n) is 1.60. The first-order valence-electron chi connectivity index (χ1n) is 6.53. The predicted molar refractivity (Wildman–Crippen MR) is 72.3 cm³/mol. The summed E-state index contributed by atoms with van der Waals surface area (Å²) in [5, 5.41) is 5.99. The zero-order valence-electron chi connectivity index (χ0n) is 11.6. The zero-order valence-corrected chi connectivity index (χ0v) is 11.6. The molecule has 2 N–H and O–H groups in total. The van der Waals surface area contributed by atoms with Crippen molar-refractivity contribution in [1.29, 1.82) is 0 Å². The lowest BCUT2D eigenvalue weighted by Gasteiger charge is -2.07. The number of hydrogen-bond donors (Lipinski definition) is 2. The van der Waals surface area contributed by atoms with E-state index in [0.29, 0.717) is 12.5 Å². The van der Waals surface area contributed by atoms with E-state index in [0.717, 1.165) is 31.6 Å². The lowest BCUT2D eigenvalue weighted by molar-refractivity contribution is -0.121. The van der Waals surface area contributed by atoms with Crippen molar-refractivity contribution in [1.82, 2.24) is 20.2 Å². The van der Waals surface area contributed by atoms with Crippen molar-refractivity contribution >= 4 is 5.91 Å². The maximum atomic E-state index is 11.6. The molecule has 0 spiro atoms. The van der Waals surface area contributed by atoms with Crippen molar-refractivity contribution in [2.45, 2.75) is 33.2 Å². The monoisotopic (exact) mass is 252 g/mol. The highest BCUT2D eigenvalue weighted by molar-refractivity contribution is 5.75. The Morgan fingerprint density at radius 3 is 2.89 bits per heavy atom. The number of rotatable bonds is 8. The molecular weight excluding hydrogens is 228 g/mol. The lowest BCUT2D eigenvalue weighted by Crippen LogP contribution is -2.28. The van der Waals surface area contributed by atoms with Crippen LogP contribution >= 0.6 is 0 Å². The van der Waals surface area contributed by atoms with Gasteiger partial charge in [-0.05, 0) is 19.4 Å². The molecule has 0 aliphatic heterocycles. The molecule has 0 fully saturated rings. The number of aromatic nitrogens is 2. The van der Waals surface area contributed by atoms with Gasteiger partial charge < -0.3 is 15.2 Å². The van der Waals surface area contributed by atoms with E-state index >= 15 is 0 Å². The summed E-state index contributed by atoms with van der Waals surface area (Å²) in [5.74, 6) is 0.667. The Kier molecular flexibility index (Phi) is 6.43. The van der Waals surface area contributed by atoms with Gasteiger partial charge in [0.1, 0.15) is 6.54 Å². The fraction of sp³-hybridized carbons (Fsp3) is 0.692. The number of amides is 1. The van der Waals surface area contributed by atoms with Gasteiger partial charge in [-0.2, -0.15) is 0 Å².